The molecule has 1 aliphatic rings. The fourth-order valence-corrected chi connectivity index (χ4v) is 4.58. The van der Waals surface area contributed by atoms with Gasteiger partial charge in [-0.3, -0.25) is 14.5 Å². The number of hydrogen-bond donors (Lipinski definition) is 1. The van der Waals surface area contributed by atoms with Gasteiger partial charge in [0.25, 0.3) is 0 Å². The van der Waals surface area contributed by atoms with Crippen LogP contribution < -0.4 is 15.0 Å². The van der Waals surface area contributed by atoms with Gasteiger partial charge < -0.3 is 10.1 Å². The third-order valence-electron chi connectivity index (χ3n) is 6.11. The highest BCUT2D eigenvalue weighted by molar-refractivity contribution is 6.30. The smallest absolute Gasteiger partial charge is 0.248 e. The second kappa shape index (κ2) is 11.1. The predicted molar refractivity (Wildman–Crippen MR) is 130 cm³/mol. The lowest BCUT2D eigenvalue weighted by Gasteiger charge is -2.35. The molecule has 2 aromatic rings. The molecule has 0 aliphatic heterocycles. The molecule has 172 valence electrons. The molecule has 0 spiro atoms. The Bertz CT molecular complexity index is 949. The van der Waals surface area contributed by atoms with Crippen LogP contribution in [0.25, 0.3) is 0 Å². The highest BCUT2D eigenvalue weighted by Gasteiger charge is 2.36. The van der Waals surface area contributed by atoms with Crippen molar-refractivity contribution in [3.8, 4) is 5.75 Å². The summed E-state index contributed by atoms with van der Waals surface area (Å²) in [6.07, 6.45) is 4.26. The summed E-state index contributed by atoms with van der Waals surface area (Å²) in [6.45, 7) is 4.08. The molecular weight excluding hydrogens is 447 g/mol. The van der Waals surface area contributed by atoms with E-state index in [0.29, 0.717) is 27.9 Å². The minimum atomic E-state index is -0.914. The van der Waals surface area contributed by atoms with Gasteiger partial charge in [-0.2, -0.15) is 0 Å². The molecule has 0 bridgehead atoms. The zero-order valence-electron chi connectivity index (χ0n) is 18.7. The van der Waals surface area contributed by atoms with E-state index >= 15 is 0 Å². The van der Waals surface area contributed by atoms with E-state index in [1.807, 2.05) is 19.1 Å². The van der Waals surface area contributed by atoms with Crippen LogP contribution in [0.3, 0.4) is 0 Å². The molecule has 0 aromatic heterocycles. The van der Waals surface area contributed by atoms with Gasteiger partial charge in [0.2, 0.25) is 11.8 Å². The lowest BCUT2D eigenvalue weighted by molar-refractivity contribution is -0.126. The highest BCUT2D eigenvalue weighted by atomic mass is 35.5. The molecule has 1 saturated carbocycles. The molecule has 0 unspecified atom stereocenters. The quantitative estimate of drug-likeness (QED) is 0.524. The first kappa shape index (κ1) is 24.4. The van der Waals surface area contributed by atoms with Crippen LogP contribution in [-0.4, -0.2) is 30.8 Å². The predicted octanol–water partition coefficient (Wildman–Crippen LogP) is 5.67. The fraction of sp³-hybridized carbons (Fsp3) is 0.440. The van der Waals surface area contributed by atoms with Gasteiger partial charge in [0.15, 0.2) is 0 Å². The van der Waals surface area contributed by atoms with Crippen LogP contribution in [0.1, 0.15) is 49.8 Å². The largest absolute Gasteiger partial charge is 0.495 e. The first-order valence-electron chi connectivity index (χ1n) is 10.9. The molecular formula is C25H30Cl2N2O3. The molecule has 5 nitrogen and oxygen atoms in total. The standard InChI is InChI=1S/C25H30Cl2N2O3/c1-16-8-13-22(32-3)21(14-16)29(23(30)15-26)24(18-9-11-19(27)12-10-18)25(31)28-20-7-5-4-6-17(20)2/h8-14,17,20,24H,4-7,15H2,1-3H3,(H,28,31)/t17-,20-,24-/m0/s1. The van der Waals surface area contributed by atoms with E-state index in [0.717, 1.165) is 24.8 Å². The van der Waals surface area contributed by atoms with Crippen LogP contribution in [-0.2, 0) is 9.59 Å². The molecule has 0 saturated heterocycles. The van der Waals surface area contributed by atoms with E-state index in [9.17, 15) is 9.59 Å². The van der Waals surface area contributed by atoms with E-state index in [4.69, 9.17) is 27.9 Å². The minimum Gasteiger partial charge on any atom is -0.495 e. The number of halogens is 2. The maximum atomic E-state index is 13.7. The number of carbonyl (C=O) groups excluding carboxylic acids is 2. The Kier molecular flexibility index (Phi) is 8.44. The van der Waals surface area contributed by atoms with Gasteiger partial charge >= 0.3 is 0 Å². The molecule has 1 fully saturated rings. The SMILES string of the molecule is COc1ccc(C)cc1N(C(=O)CCl)[C@H](C(=O)N[C@H]1CCCC[C@@H]1C)c1ccc(Cl)cc1. The molecule has 1 aliphatic carbocycles. The van der Waals surface area contributed by atoms with Crippen molar-refractivity contribution in [1.82, 2.24) is 5.32 Å². The third kappa shape index (κ3) is 5.57. The van der Waals surface area contributed by atoms with Crippen molar-refractivity contribution in [2.24, 2.45) is 5.92 Å². The molecule has 2 amide bonds. The maximum Gasteiger partial charge on any atom is 0.248 e. The topological polar surface area (TPSA) is 58.6 Å². The fourth-order valence-electron chi connectivity index (χ4n) is 4.33. The van der Waals surface area contributed by atoms with Crippen LogP contribution >= 0.6 is 23.2 Å². The molecule has 32 heavy (non-hydrogen) atoms. The first-order chi connectivity index (χ1) is 15.3. The van der Waals surface area contributed by atoms with Crippen LogP contribution in [0.2, 0.25) is 5.02 Å². The number of amides is 2. The van der Waals surface area contributed by atoms with Gasteiger partial charge in [0, 0.05) is 11.1 Å². The lowest BCUT2D eigenvalue weighted by atomic mass is 9.85. The zero-order valence-corrected chi connectivity index (χ0v) is 20.2. The summed E-state index contributed by atoms with van der Waals surface area (Å²) in [5, 5.41) is 3.77. The summed E-state index contributed by atoms with van der Waals surface area (Å²) in [6, 6.07) is 11.7. The van der Waals surface area contributed by atoms with Crippen molar-refractivity contribution in [3.63, 3.8) is 0 Å². The van der Waals surface area contributed by atoms with Gasteiger partial charge in [0.05, 0.1) is 12.8 Å². The molecule has 3 rings (SSSR count). The van der Waals surface area contributed by atoms with Gasteiger partial charge in [-0.15, -0.1) is 11.6 Å². The lowest BCUT2D eigenvalue weighted by Crippen LogP contribution is -2.49. The Hall–Kier alpha value is -2.24. The summed E-state index contributed by atoms with van der Waals surface area (Å²) >= 11 is 12.1. The van der Waals surface area contributed by atoms with E-state index in [1.54, 1.807) is 37.4 Å². The molecule has 3 atom stereocenters. The number of methoxy groups -OCH3 is 1. The van der Waals surface area contributed by atoms with E-state index in [1.165, 1.54) is 11.3 Å². The van der Waals surface area contributed by atoms with Gasteiger partial charge in [0.1, 0.15) is 17.7 Å². The summed E-state index contributed by atoms with van der Waals surface area (Å²) in [7, 11) is 1.54. The van der Waals surface area contributed by atoms with Crippen molar-refractivity contribution in [3.05, 3.63) is 58.6 Å². The van der Waals surface area contributed by atoms with E-state index in [2.05, 4.69) is 12.2 Å². The summed E-state index contributed by atoms with van der Waals surface area (Å²) in [5.74, 6) is -0.0273. The second-order valence-corrected chi connectivity index (χ2v) is 9.11. The average Bonchev–Trinajstić information content (AvgIpc) is 2.79. The van der Waals surface area contributed by atoms with Crippen molar-refractivity contribution in [2.75, 3.05) is 17.9 Å². The molecule has 7 heteroatoms. The van der Waals surface area contributed by atoms with Gasteiger partial charge in [-0.05, 0) is 61.1 Å². The van der Waals surface area contributed by atoms with Gasteiger partial charge in [-0.25, -0.2) is 0 Å². The first-order valence-corrected chi connectivity index (χ1v) is 11.9. The van der Waals surface area contributed by atoms with Crippen LogP contribution in [0, 0.1) is 12.8 Å². The zero-order chi connectivity index (χ0) is 23.3. The molecule has 1 N–H and O–H groups in total. The number of ether oxygens (including phenoxy) is 1. The second-order valence-electron chi connectivity index (χ2n) is 8.40. The number of anilines is 1. The average molecular weight is 477 g/mol. The number of carbonyl (C=O) groups is 2. The highest BCUT2D eigenvalue weighted by Crippen LogP contribution is 2.37. The monoisotopic (exact) mass is 476 g/mol. The maximum absolute atomic E-state index is 13.7. The number of rotatable bonds is 7. The number of benzene rings is 2. The van der Waals surface area contributed by atoms with Crippen LogP contribution in [0.15, 0.2) is 42.5 Å². The number of alkyl halides is 1. The van der Waals surface area contributed by atoms with Gasteiger partial charge in [-0.1, -0.05) is 49.6 Å². The minimum absolute atomic E-state index is 0.0680. The van der Waals surface area contributed by atoms with Crippen molar-refractivity contribution in [2.45, 2.75) is 51.6 Å². The number of aryl methyl sites for hydroxylation is 1. The third-order valence-corrected chi connectivity index (χ3v) is 6.59. The molecule has 2 aromatic carbocycles. The summed E-state index contributed by atoms with van der Waals surface area (Å²) in [4.78, 5) is 28.4. The Balaban J connectivity index is 2.10. The Labute approximate surface area is 200 Å². The molecule has 0 heterocycles. The number of nitrogens with one attached hydrogen (secondary N) is 1. The van der Waals surface area contributed by atoms with E-state index in [-0.39, 0.29) is 23.7 Å². The number of nitrogens with zero attached hydrogens (tertiary/aromatic N) is 1. The number of hydrogen-bond acceptors (Lipinski definition) is 3. The van der Waals surface area contributed by atoms with Crippen LogP contribution in [0.5, 0.6) is 5.75 Å². The van der Waals surface area contributed by atoms with Crippen molar-refractivity contribution < 1.29 is 14.3 Å². The normalized spacial score (nSPS) is 19.2. The Morgan fingerprint density at radius 3 is 2.47 bits per heavy atom. The van der Waals surface area contributed by atoms with Crippen molar-refractivity contribution in [1.29, 1.82) is 0 Å². The molecule has 0 radical (unpaired) electrons. The van der Waals surface area contributed by atoms with Crippen molar-refractivity contribution >= 4 is 40.7 Å². The Morgan fingerprint density at radius 2 is 1.84 bits per heavy atom. The Morgan fingerprint density at radius 1 is 1.16 bits per heavy atom. The van der Waals surface area contributed by atoms with E-state index < -0.39 is 6.04 Å². The summed E-state index contributed by atoms with van der Waals surface area (Å²) in [5.41, 5.74) is 2.09. The summed E-state index contributed by atoms with van der Waals surface area (Å²) < 4.78 is 5.54. The van der Waals surface area contributed by atoms with Crippen LogP contribution in [0.4, 0.5) is 5.69 Å².